The average molecular weight is 631 g/mol. The minimum atomic E-state index is -1.95. The maximum atomic E-state index is 10.6. The minimum absolute atomic E-state index is 0.00499. The van der Waals surface area contributed by atoms with Gasteiger partial charge in [-0.05, 0) is 105 Å². The highest BCUT2D eigenvalue weighted by Crippen LogP contribution is 2.44. The summed E-state index contributed by atoms with van der Waals surface area (Å²) in [7, 11) is -1.95. The third-order valence-electron chi connectivity index (χ3n) is 10.4. The van der Waals surface area contributed by atoms with Gasteiger partial charge in [0.2, 0.25) is 8.32 Å². The van der Waals surface area contributed by atoms with Crippen molar-refractivity contribution in [2.24, 2.45) is 17.8 Å². The van der Waals surface area contributed by atoms with Gasteiger partial charge in [-0.25, -0.2) is 0 Å². The summed E-state index contributed by atoms with van der Waals surface area (Å²) in [5, 5.41) is 10.8. The topological polar surface area (TPSA) is 66.4 Å². The summed E-state index contributed by atoms with van der Waals surface area (Å²) in [4.78, 5) is 0. The van der Waals surface area contributed by atoms with Crippen molar-refractivity contribution in [2.75, 3.05) is 19.8 Å². The van der Waals surface area contributed by atoms with Crippen molar-refractivity contribution in [1.82, 2.24) is 0 Å². The molecule has 1 aromatic carbocycles. The molecule has 2 saturated heterocycles. The zero-order valence-electron chi connectivity index (χ0n) is 28.6. The van der Waals surface area contributed by atoms with E-state index in [0.29, 0.717) is 0 Å². The Kier molecular flexibility index (Phi) is 13.8. The van der Waals surface area contributed by atoms with E-state index in [-0.39, 0.29) is 54.2 Å². The van der Waals surface area contributed by atoms with Crippen LogP contribution in [0.1, 0.15) is 104 Å². The quantitative estimate of drug-likeness (QED) is 0.119. The van der Waals surface area contributed by atoms with Crippen molar-refractivity contribution in [3.05, 3.63) is 42.0 Å². The van der Waals surface area contributed by atoms with Gasteiger partial charge in [0.15, 0.2) is 12.6 Å². The van der Waals surface area contributed by atoms with Crippen LogP contribution in [0.25, 0.3) is 0 Å². The molecule has 250 valence electrons. The number of aliphatic hydroxyl groups is 1. The molecular formula is C37H62O6Si. The van der Waals surface area contributed by atoms with Crippen LogP contribution in [-0.4, -0.2) is 58.0 Å². The molecule has 3 fully saturated rings. The normalized spacial score (nSPS) is 29.2. The number of rotatable bonds is 15. The fourth-order valence-electron chi connectivity index (χ4n) is 6.69. The van der Waals surface area contributed by atoms with E-state index in [0.717, 1.165) is 83.2 Å². The van der Waals surface area contributed by atoms with Crippen LogP contribution in [0.5, 0.6) is 5.75 Å². The van der Waals surface area contributed by atoms with E-state index in [1.54, 1.807) is 0 Å². The highest BCUT2D eigenvalue weighted by molar-refractivity contribution is 6.74. The molecule has 0 radical (unpaired) electrons. The number of unbranched alkanes of at least 4 members (excludes halogenated alkanes) is 2. The second-order valence-electron chi connectivity index (χ2n) is 15.0. The zero-order valence-corrected chi connectivity index (χ0v) is 29.6. The number of hydrogen-bond donors (Lipinski definition) is 1. The molecule has 0 amide bonds. The van der Waals surface area contributed by atoms with E-state index in [1.165, 1.54) is 18.4 Å². The van der Waals surface area contributed by atoms with Crippen LogP contribution < -0.4 is 4.43 Å². The maximum Gasteiger partial charge on any atom is 0.250 e. The summed E-state index contributed by atoms with van der Waals surface area (Å²) in [6.45, 7) is 15.4. The van der Waals surface area contributed by atoms with Crippen molar-refractivity contribution in [2.45, 2.75) is 148 Å². The van der Waals surface area contributed by atoms with Gasteiger partial charge < -0.3 is 28.5 Å². The molecule has 6 nitrogen and oxygen atoms in total. The van der Waals surface area contributed by atoms with Gasteiger partial charge in [0.25, 0.3) is 0 Å². The number of aliphatic hydroxyl groups excluding tert-OH is 1. The predicted octanol–water partition coefficient (Wildman–Crippen LogP) is 8.82. The van der Waals surface area contributed by atoms with Crippen LogP contribution in [0.2, 0.25) is 18.1 Å². The largest absolute Gasteiger partial charge is 0.543 e. The van der Waals surface area contributed by atoms with Gasteiger partial charge >= 0.3 is 0 Å². The molecule has 2 aliphatic heterocycles. The Morgan fingerprint density at radius 1 is 1.02 bits per heavy atom. The van der Waals surface area contributed by atoms with Crippen molar-refractivity contribution < 1.29 is 28.5 Å². The van der Waals surface area contributed by atoms with Gasteiger partial charge in [-0.2, -0.15) is 0 Å². The summed E-state index contributed by atoms with van der Waals surface area (Å²) in [5.74, 6) is 1.52. The SMILES string of the molecule is CCCCC[C@H](/C=C/[C@@H]1[C@@H](Cc2cccc(O[Si](C)(C)C(C)(C)C)c2)[C@@H](CO)C[C@H]1OC1CCCCO1)OC1CCCCO1. The Morgan fingerprint density at radius 3 is 2.39 bits per heavy atom. The molecule has 1 aromatic rings. The minimum Gasteiger partial charge on any atom is -0.543 e. The van der Waals surface area contributed by atoms with Crippen molar-refractivity contribution >= 4 is 8.32 Å². The lowest BCUT2D eigenvalue weighted by Gasteiger charge is -2.36. The highest BCUT2D eigenvalue weighted by atomic mass is 28.4. The first kappa shape index (κ1) is 35.6. The summed E-state index contributed by atoms with van der Waals surface area (Å²) in [6, 6.07) is 8.66. The summed E-state index contributed by atoms with van der Waals surface area (Å²) in [6.07, 6.45) is 17.1. The van der Waals surface area contributed by atoms with E-state index >= 15 is 0 Å². The van der Waals surface area contributed by atoms with Gasteiger partial charge in [0.05, 0.1) is 12.2 Å². The van der Waals surface area contributed by atoms with E-state index in [9.17, 15) is 5.11 Å². The Bertz CT molecular complexity index is 994. The van der Waals surface area contributed by atoms with E-state index in [4.69, 9.17) is 23.4 Å². The lowest BCUT2D eigenvalue weighted by atomic mass is 9.83. The summed E-state index contributed by atoms with van der Waals surface area (Å²) < 4.78 is 31.9. The lowest BCUT2D eigenvalue weighted by Crippen LogP contribution is -2.43. The molecule has 3 aliphatic rings. The maximum absolute atomic E-state index is 10.6. The summed E-state index contributed by atoms with van der Waals surface area (Å²) in [5.41, 5.74) is 1.25. The van der Waals surface area contributed by atoms with Crippen LogP contribution in [-0.2, 0) is 25.4 Å². The molecule has 7 heteroatoms. The molecule has 1 aliphatic carbocycles. The van der Waals surface area contributed by atoms with Gasteiger partial charge in [-0.3, -0.25) is 0 Å². The monoisotopic (exact) mass is 630 g/mol. The summed E-state index contributed by atoms with van der Waals surface area (Å²) >= 11 is 0. The predicted molar refractivity (Wildman–Crippen MR) is 180 cm³/mol. The van der Waals surface area contributed by atoms with Crippen molar-refractivity contribution in [3.8, 4) is 5.75 Å². The van der Waals surface area contributed by atoms with Gasteiger partial charge in [-0.1, -0.05) is 71.2 Å². The number of hydrogen-bond acceptors (Lipinski definition) is 6. The van der Waals surface area contributed by atoms with Crippen LogP contribution in [0.15, 0.2) is 36.4 Å². The fourth-order valence-corrected chi connectivity index (χ4v) is 7.71. The molecule has 4 rings (SSSR count). The zero-order chi connectivity index (χ0) is 31.6. The molecule has 1 N–H and O–H groups in total. The van der Waals surface area contributed by atoms with Gasteiger partial charge in [0, 0.05) is 25.7 Å². The number of benzene rings is 1. The van der Waals surface area contributed by atoms with Gasteiger partial charge in [-0.15, -0.1) is 0 Å². The third-order valence-corrected chi connectivity index (χ3v) is 14.8. The number of ether oxygens (including phenoxy) is 4. The Hall–Kier alpha value is -1.22. The highest BCUT2D eigenvalue weighted by Gasteiger charge is 2.44. The molecular weight excluding hydrogens is 568 g/mol. The molecule has 2 unspecified atom stereocenters. The average Bonchev–Trinajstić information content (AvgIpc) is 3.31. The molecule has 0 spiro atoms. The van der Waals surface area contributed by atoms with Crippen molar-refractivity contribution in [1.29, 1.82) is 0 Å². The first-order valence-corrected chi connectivity index (χ1v) is 20.6. The fraction of sp³-hybridized carbons (Fsp3) is 0.784. The Balaban J connectivity index is 1.56. The van der Waals surface area contributed by atoms with Gasteiger partial charge in [0.1, 0.15) is 5.75 Å². The smallest absolute Gasteiger partial charge is 0.250 e. The lowest BCUT2D eigenvalue weighted by molar-refractivity contribution is -0.193. The van der Waals surface area contributed by atoms with Crippen LogP contribution in [0, 0.1) is 17.8 Å². The Labute approximate surface area is 269 Å². The first-order chi connectivity index (χ1) is 21.1. The molecule has 1 saturated carbocycles. The first-order valence-electron chi connectivity index (χ1n) is 17.7. The standard InChI is InChI=1S/C37H62O6Si/c1-7-8-9-16-30(41-35-18-10-12-22-39-35)20-21-32-33(29(27-38)26-34(32)42-36-19-11-13-23-40-36)25-28-15-14-17-31(24-28)43-44(5,6)37(2,3)4/h14-15,17,20-21,24,29-30,32-36,38H,7-13,16,18-19,22-23,25-27H2,1-6H3/b21-20+/t29-,30-,32-,33+,34-,35?,36?/m1/s1. The van der Waals surface area contributed by atoms with Crippen LogP contribution >= 0.6 is 0 Å². The second-order valence-corrected chi connectivity index (χ2v) is 19.7. The Morgan fingerprint density at radius 2 is 1.75 bits per heavy atom. The molecule has 0 aromatic heterocycles. The molecule has 7 atom stereocenters. The molecule has 44 heavy (non-hydrogen) atoms. The second kappa shape index (κ2) is 17.1. The molecule has 2 heterocycles. The van der Waals surface area contributed by atoms with Crippen LogP contribution in [0.3, 0.4) is 0 Å². The molecule has 0 bridgehead atoms. The van der Waals surface area contributed by atoms with Crippen LogP contribution in [0.4, 0.5) is 0 Å². The van der Waals surface area contributed by atoms with E-state index in [2.05, 4.69) is 77.2 Å². The van der Waals surface area contributed by atoms with Crippen molar-refractivity contribution in [3.63, 3.8) is 0 Å². The van der Waals surface area contributed by atoms with E-state index in [1.807, 2.05) is 0 Å². The third kappa shape index (κ3) is 10.4. The van der Waals surface area contributed by atoms with E-state index < -0.39 is 8.32 Å².